The molecule has 50 heavy (non-hydrogen) atoms. The van der Waals surface area contributed by atoms with E-state index >= 15 is 0 Å². The van der Waals surface area contributed by atoms with Crippen molar-refractivity contribution in [1.82, 2.24) is 29.9 Å². The molecule has 0 saturated heterocycles. The third kappa shape index (κ3) is 5.71. The number of aromatic nitrogens is 6. The van der Waals surface area contributed by atoms with E-state index in [1.165, 1.54) is 35.1 Å². The zero-order chi connectivity index (χ0) is 35.1. The van der Waals surface area contributed by atoms with Crippen molar-refractivity contribution in [3.63, 3.8) is 0 Å². The van der Waals surface area contributed by atoms with Crippen molar-refractivity contribution >= 4 is 54.7 Å². The number of anilines is 2. The molecule has 6 aromatic rings. The summed E-state index contributed by atoms with van der Waals surface area (Å²) in [4.78, 5) is 33.6. The molecule has 0 bridgehead atoms. The topological polar surface area (TPSA) is 83.8 Å². The molecule has 2 aliphatic rings. The van der Waals surface area contributed by atoms with Gasteiger partial charge in [0.25, 0.3) is 0 Å². The van der Waals surface area contributed by atoms with Crippen LogP contribution in [0.25, 0.3) is 20.4 Å². The first kappa shape index (κ1) is 32.7. The summed E-state index contributed by atoms with van der Waals surface area (Å²) < 4.78 is 82.1. The van der Waals surface area contributed by atoms with Gasteiger partial charge in [-0.05, 0) is 67.0 Å². The average molecular weight is 727 g/mol. The molecule has 0 spiro atoms. The second-order valence-corrected chi connectivity index (χ2v) is 14.7. The summed E-state index contributed by atoms with van der Waals surface area (Å²) in [5.74, 6) is 1.57. The van der Waals surface area contributed by atoms with E-state index < -0.39 is 23.5 Å². The molecule has 0 fully saturated rings. The number of rotatable bonds is 4. The first-order valence-corrected chi connectivity index (χ1v) is 17.5. The van der Waals surface area contributed by atoms with E-state index in [0.717, 1.165) is 54.9 Å². The summed E-state index contributed by atoms with van der Waals surface area (Å²) in [7, 11) is 0. The van der Waals surface area contributed by atoms with Crippen molar-refractivity contribution in [3.8, 4) is 0 Å². The van der Waals surface area contributed by atoms with Crippen molar-refractivity contribution in [3.05, 3.63) is 91.7 Å². The zero-order valence-electron chi connectivity index (χ0n) is 26.9. The summed E-state index contributed by atoms with van der Waals surface area (Å²) in [5.41, 5.74) is 2.59. The normalized spacial score (nSPS) is 16.7. The van der Waals surface area contributed by atoms with E-state index in [4.69, 9.17) is 9.97 Å². The number of aryl methyl sites for hydroxylation is 3. The second-order valence-electron chi connectivity index (χ2n) is 12.8. The molecule has 2 aliphatic heterocycles. The third-order valence-corrected chi connectivity index (χ3v) is 11.6. The van der Waals surface area contributed by atoms with Crippen molar-refractivity contribution < 1.29 is 26.3 Å². The highest BCUT2D eigenvalue weighted by Crippen LogP contribution is 2.43. The van der Waals surface area contributed by atoms with Gasteiger partial charge in [0.1, 0.15) is 33.4 Å². The Morgan fingerprint density at radius 2 is 1.52 bits per heavy atom. The van der Waals surface area contributed by atoms with E-state index in [1.54, 1.807) is 6.92 Å². The fourth-order valence-electron chi connectivity index (χ4n) is 7.03. The number of pyridine rings is 2. The van der Waals surface area contributed by atoms with Crippen LogP contribution < -0.4 is 9.80 Å². The van der Waals surface area contributed by atoms with Crippen LogP contribution in [0.1, 0.15) is 61.4 Å². The second kappa shape index (κ2) is 11.8. The third-order valence-electron chi connectivity index (χ3n) is 9.43. The molecular weight excluding hydrogens is 699 g/mol. The monoisotopic (exact) mass is 726 g/mol. The molecule has 0 aliphatic carbocycles. The summed E-state index contributed by atoms with van der Waals surface area (Å²) >= 11 is 2.99. The molecule has 16 heteroatoms. The van der Waals surface area contributed by atoms with Crippen LogP contribution in [0.3, 0.4) is 0 Å². The molecule has 0 amide bonds. The predicted octanol–water partition coefficient (Wildman–Crippen LogP) is 8.36. The van der Waals surface area contributed by atoms with Crippen LogP contribution in [0.15, 0.2) is 36.2 Å². The Kier molecular flexibility index (Phi) is 7.74. The fraction of sp³-hybridized carbons (Fsp3) is 0.353. The molecule has 0 N–H and O–H groups in total. The number of alkyl halides is 6. The Hall–Kier alpha value is -4.44. The first-order valence-electron chi connectivity index (χ1n) is 15.8. The van der Waals surface area contributed by atoms with Gasteiger partial charge in [-0.15, -0.1) is 22.7 Å². The number of hydrogen-bond donors (Lipinski definition) is 0. The minimum atomic E-state index is -4.54. The number of nitrogens with zero attached hydrogens (tertiary/aromatic N) is 8. The summed E-state index contributed by atoms with van der Waals surface area (Å²) in [6.07, 6.45) is -4.82. The largest absolute Gasteiger partial charge is 0.417 e. The Labute approximate surface area is 289 Å². The lowest BCUT2D eigenvalue weighted by atomic mass is 9.89. The maximum atomic E-state index is 13.8. The zero-order valence-corrected chi connectivity index (χ0v) is 28.6. The lowest BCUT2D eigenvalue weighted by molar-refractivity contribution is -0.138. The van der Waals surface area contributed by atoms with Crippen LogP contribution in [0.5, 0.6) is 0 Å². The Bertz CT molecular complexity index is 2300. The number of hydrogen-bond acceptors (Lipinski definition) is 10. The highest BCUT2D eigenvalue weighted by atomic mass is 32.1. The molecule has 0 aromatic carbocycles. The van der Waals surface area contributed by atoms with Gasteiger partial charge >= 0.3 is 12.4 Å². The molecule has 6 aromatic heterocycles. The lowest BCUT2D eigenvalue weighted by Gasteiger charge is -2.35. The number of halogens is 6. The molecule has 1 atom stereocenters. The van der Waals surface area contributed by atoms with Crippen LogP contribution in [-0.2, 0) is 38.3 Å². The van der Waals surface area contributed by atoms with E-state index in [0.29, 0.717) is 65.9 Å². The van der Waals surface area contributed by atoms with Gasteiger partial charge in [-0.1, -0.05) is 0 Å². The highest BCUT2D eigenvalue weighted by molar-refractivity contribution is 7.19. The van der Waals surface area contributed by atoms with Crippen molar-refractivity contribution in [2.75, 3.05) is 22.9 Å². The Morgan fingerprint density at radius 3 is 2.28 bits per heavy atom. The molecule has 0 radical (unpaired) electrons. The minimum absolute atomic E-state index is 0.214. The average Bonchev–Trinajstić information content (AvgIpc) is 3.61. The van der Waals surface area contributed by atoms with Gasteiger partial charge in [-0.3, -0.25) is 9.97 Å². The smallest absolute Gasteiger partial charge is 0.351 e. The standard InChI is InChI=1S/C34H28F6N8S2/c1-16-14-49-31-26(16)29(43-15-44-31)48-12-20-7-23(34(38,39)40)10-42-28(20)21(13-48)8-25-17(2)27-30(45-18(3)46-32(27)50-25)47-5-4-24-19(11-47)6-22(9-41-24)33(35,36)37/h6-7,9-10,14-15,21H,4-5,8,11-13H2,1-3H3. The maximum Gasteiger partial charge on any atom is 0.417 e. The van der Waals surface area contributed by atoms with Crippen LogP contribution >= 0.6 is 22.7 Å². The lowest BCUT2D eigenvalue weighted by Crippen LogP contribution is -2.36. The van der Waals surface area contributed by atoms with E-state index in [2.05, 4.69) is 19.9 Å². The molecule has 8 heterocycles. The SMILES string of the molecule is Cc1nc(N2CCc3ncc(C(F)(F)F)cc3C2)c2c(C)c(CC3CN(c4ncnc5scc(C)c45)Cc4cc(C(F)(F)F)cnc43)sc2n1. The molecule has 8 nitrogen and oxygen atoms in total. The van der Waals surface area contributed by atoms with Crippen LogP contribution in [-0.4, -0.2) is 43.0 Å². The van der Waals surface area contributed by atoms with E-state index in [1.807, 2.05) is 29.0 Å². The summed E-state index contributed by atoms with van der Waals surface area (Å²) in [6.45, 7) is 7.15. The maximum absolute atomic E-state index is 13.8. The fourth-order valence-corrected chi connectivity index (χ4v) is 9.21. The Morgan fingerprint density at radius 1 is 0.800 bits per heavy atom. The molecule has 8 rings (SSSR count). The molecule has 0 saturated carbocycles. The van der Waals surface area contributed by atoms with Gasteiger partial charge in [0.2, 0.25) is 0 Å². The van der Waals surface area contributed by atoms with Gasteiger partial charge < -0.3 is 9.80 Å². The predicted molar refractivity (Wildman–Crippen MR) is 180 cm³/mol. The van der Waals surface area contributed by atoms with E-state index in [-0.39, 0.29) is 19.0 Å². The van der Waals surface area contributed by atoms with Crippen molar-refractivity contribution in [1.29, 1.82) is 0 Å². The van der Waals surface area contributed by atoms with Gasteiger partial charge in [0.15, 0.2) is 0 Å². The highest BCUT2D eigenvalue weighted by Gasteiger charge is 2.36. The summed E-state index contributed by atoms with van der Waals surface area (Å²) in [5, 5.41) is 3.70. The van der Waals surface area contributed by atoms with Gasteiger partial charge in [-0.2, -0.15) is 26.3 Å². The Balaban J connectivity index is 1.18. The van der Waals surface area contributed by atoms with Crippen molar-refractivity contribution in [2.24, 2.45) is 0 Å². The van der Waals surface area contributed by atoms with Gasteiger partial charge in [-0.25, -0.2) is 19.9 Å². The minimum Gasteiger partial charge on any atom is -0.351 e. The molecular formula is C34H28F6N8S2. The van der Waals surface area contributed by atoms with E-state index in [9.17, 15) is 26.3 Å². The van der Waals surface area contributed by atoms with Crippen LogP contribution in [0, 0.1) is 20.8 Å². The van der Waals surface area contributed by atoms with Crippen LogP contribution in [0.2, 0.25) is 0 Å². The van der Waals surface area contributed by atoms with Crippen LogP contribution in [0.4, 0.5) is 38.0 Å². The quantitative estimate of drug-likeness (QED) is 0.168. The number of thiophene rings is 2. The number of fused-ring (bicyclic) bond motifs is 4. The van der Waals surface area contributed by atoms with Crippen molar-refractivity contribution in [2.45, 2.75) is 65.0 Å². The molecule has 1 unspecified atom stereocenters. The summed E-state index contributed by atoms with van der Waals surface area (Å²) in [6, 6.07) is 2.36. The first-order chi connectivity index (χ1) is 23.7. The van der Waals surface area contributed by atoms with Gasteiger partial charge in [0.05, 0.1) is 27.6 Å². The van der Waals surface area contributed by atoms with Gasteiger partial charge in [0, 0.05) is 61.5 Å². The molecule has 258 valence electrons.